The van der Waals surface area contributed by atoms with Crippen LogP contribution in [0.4, 0.5) is 0 Å². The second kappa shape index (κ2) is 6.61. The van der Waals surface area contributed by atoms with E-state index in [1.165, 1.54) is 0 Å². The molecule has 0 aromatic heterocycles. The molecule has 1 fully saturated rings. The van der Waals surface area contributed by atoms with Crippen molar-refractivity contribution in [3.63, 3.8) is 0 Å². The molecule has 1 heterocycles. The number of hydrogen-bond donors (Lipinski definition) is 0. The lowest BCUT2D eigenvalue weighted by atomic mass is 10.1. The summed E-state index contributed by atoms with van der Waals surface area (Å²) < 4.78 is 15.9. The molecule has 5 nitrogen and oxygen atoms in total. The summed E-state index contributed by atoms with van der Waals surface area (Å²) in [5.74, 6) is 1.43. The van der Waals surface area contributed by atoms with Crippen molar-refractivity contribution in [3.8, 4) is 11.5 Å². The average Bonchev–Trinajstić information content (AvgIpc) is 2.47. The van der Waals surface area contributed by atoms with Gasteiger partial charge in [-0.25, -0.2) is 0 Å². The van der Waals surface area contributed by atoms with E-state index in [1.807, 2.05) is 30.0 Å². The quantitative estimate of drug-likeness (QED) is 0.838. The fraction of sp³-hybridized carbons (Fsp3) is 0.533. The normalized spacial score (nSPS) is 18.8. The molecule has 1 aromatic carbocycles. The first-order chi connectivity index (χ1) is 9.63. The summed E-state index contributed by atoms with van der Waals surface area (Å²) in [4.78, 5) is 14.1. The molecule has 2 rings (SSSR count). The lowest BCUT2D eigenvalue weighted by molar-refractivity contribution is -0.137. The molecule has 1 aliphatic rings. The minimum atomic E-state index is 0.109. The largest absolute Gasteiger partial charge is 0.493 e. The van der Waals surface area contributed by atoms with Gasteiger partial charge in [0.25, 0.3) is 0 Å². The summed E-state index contributed by atoms with van der Waals surface area (Å²) >= 11 is 0. The zero-order valence-corrected chi connectivity index (χ0v) is 12.2. The van der Waals surface area contributed by atoms with Crippen molar-refractivity contribution in [2.45, 2.75) is 19.4 Å². The molecule has 1 atom stereocenters. The Balaban J connectivity index is 2.03. The van der Waals surface area contributed by atoms with Crippen LogP contribution in [0.15, 0.2) is 18.2 Å². The summed E-state index contributed by atoms with van der Waals surface area (Å²) in [6, 6.07) is 5.56. The molecule has 1 unspecified atom stereocenters. The van der Waals surface area contributed by atoms with Crippen molar-refractivity contribution in [1.82, 2.24) is 4.90 Å². The van der Waals surface area contributed by atoms with Crippen LogP contribution in [0.3, 0.4) is 0 Å². The average molecular weight is 279 g/mol. The zero-order chi connectivity index (χ0) is 14.5. The van der Waals surface area contributed by atoms with Crippen LogP contribution in [0.1, 0.15) is 12.5 Å². The number of benzene rings is 1. The summed E-state index contributed by atoms with van der Waals surface area (Å²) in [6.07, 6.45) is 0.477. The number of carbonyl (C=O) groups is 1. The van der Waals surface area contributed by atoms with Crippen molar-refractivity contribution < 1.29 is 19.0 Å². The Labute approximate surface area is 119 Å². The third kappa shape index (κ3) is 3.42. The predicted molar refractivity (Wildman–Crippen MR) is 75.2 cm³/mol. The topological polar surface area (TPSA) is 48.0 Å². The molecule has 0 spiro atoms. The first-order valence-electron chi connectivity index (χ1n) is 6.74. The molecule has 5 heteroatoms. The summed E-state index contributed by atoms with van der Waals surface area (Å²) in [6.45, 7) is 3.91. The van der Waals surface area contributed by atoms with Gasteiger partial charge in [0.1, 0.15) is 0 Å². The number of ether oxygens (including phenoxy) is 3. The molecule has 0 radical (unpaired) electrons. The second-order valence-corrected chi connectivity index (χ2v) is 4.89. The van der Waals surface area contributed by atoms with Gasteiger partial charge in [0.05, 0.1) is 33.4 Å². The number of rotatable bonds is 4. The lowest BCUT2D eigenvalue weighted by Crippen LogP contribution is -2.45. The first kappa shape index (κ1) is 14.7. The van der Waals surface area contributed by atoms with E-state index in [-0.39, 0.29) is 12.0 Å². The minimum absolute atomic E-state index is 0.109. The van der Waals surface area contributed by atoms with Gasteiger partial charge in [0.15, 0.2) is 11.5 Å². The molecule has 1 aromatic rings. The SMILES string of the molecule is COc1ccc(CC(=O)N2CCOC(C)C2)cc1OC. The van der Waals surface area contributed by atoms with E-state index in [2.05, 4.69) is 0 Å². The Morgan fingerprint density at radius 3 is 2.75 bits per heavy atom. The van der Waals surface area contributed by atoms with Crippen LogP contribution >= 0.6 is 0 Å². The maximum absolute atomic E-state index is 12.3. The van der Waals surface area contributed by atoms with Gasteiger partial charge in [-0.2, -0.15) is 0 Å². The Kier molecular flexibility index (Phi) is 4.84. The maximum Gasteiger partial charge on any atom is 0.227 e. The highest BCUT2D eigenvalue weighted by molar-refractivity contribution is 5.79. The number of hydrogen-bond acceptors (Lipinski definition) is 4. The summed E-state index contributed by atoms with van der Waals surface area (Å²) in [5.41, 5.74) is 0.923. The van der Waals surface area contributed by atoms with Crippen LogP contribution in [-0.2, 0) is 16.0 Å². The van der Waals surface area contributed by atoms with Gasteiger partial charge in [-0.15, -0.1) is 0 Å². The number of nitrogens with zero attached hydrogens (tertiary/aromatic N) is 1. The van der Waals surface area contributed by atoms with Crippen molar-refractivity contribution in [3.05, 3.63) is 23.8 Å². The van der Waals surface area contributed by atoms with Crippen molar-refractivity contribution in [1.29, 1.82) is 0 Å². The van der Waals surface area contributed by atoms with Crippen molar-refractivity contribution in [2.24, 2.45) is 0 Å². The highest BCUT2D eigenvalue weighted by atomic mass is 16.5. The lowest BCUT2D eigenvalue weighted by Gasteiger charge is -2.31. The summed E-state index contributed by atoms with van der Waals surface area (Å²) in [5, 5.41) is 0. The summed E-state index contributed by atoms with van der Waals surface area (Å²) in [7, 11) is 3.19. The van der Waals surface area contributed by atoms with E-state index in [0.29, 0.717) is 37.6 Å². The van der Waals surface area contributed by atoms with Crippen LogP contribution in [0, 0.1) is 0 Å². The zero-order valence-electron chi connectivity index (χ0n) is 12.2. The van der Waals surface area contributed by atoms with Gasteiger partial charge in [0, 0.05) is 13.1 Å². The highest BCUT2D eigenvalue weighted by Gasteiger charge is 2.21. The molecule has 20 heavy (non-hydrogen) atoms. The molecule has 0 bridgehead atoms. The van der Waals surface area contributed by atoms with Crippen LogP contribution in [0.25, 0.3) is 0 Å². The van der Waals surface area contributed by atoms with Crippen LogP contribution in [0.2, 0.25) is 0 Å². The molecule has 0 N–H and O–H groups in total. The Hall–Kier alpha value is -1.75. The van der Waals surface area contributed by atoms with Crippen LogP contribution in [-0.4, -0.2) is 50.8 Å². The van der Waals surface area contributed by atoms with Gasteiger partial charge in [-0.1, -0.05) is 6.07 Å². The third-order valence-corrected chi connectivity index (χ3v) is 3.40. The van der Waals surface area contributed by atoms with Gasteiger partial charge < -0.3 is 19.1 Å². The fourth-order valence-corrected chi connectivity index (χ4v) is 2.32. The Bertz CT molecular complexity index is 475. The van der Waals surface area contributed by atoms with E-state index in [1.54, 1.807) is 14.2 Å². The van der Waals surface area contributed by atoms with E-state index in [4.69, 9.17) is 14.2 Å². The molecular formula is C15H21NO4. The molecule has 0 aliphatic carbocycles. The minimum Gasteiger partial charge on any atom is -0.493 e. The number of morpholine rings is 1. The smallest absolute Gasteiger partial charge is 0.227 e. The van der Waals surface area contributed by atoms with E-state index < -0.39 is 0 Å². The Morgan fingerprint density at radius 2 is 2.10 bits per heavy atom. The van der Waals surface area contributed by atoms with E-state index >= 15 is 0 Å². The van der Waals surface area contributed by atoms with Crippen molar-refractivity contribution >= 4 is 5.91 Å². The number of amides is 1. The maximum atomic E-state index is 12.3. The molecule has 1 aliphatic heterocycles. The molecule has 1 saturated heterocycles. The van der Waals surface area contributed by atoms with Crippen LogP contribution in [0.5, 0.6) is 11.5 Å². The fourth-order valence-electron chi connectivity index (χ4n) is 2.32. The van der Waals surface area contributed by atoms with E-state index in [0.717, 1.165) is 5.56 Å². The second-order valence-electron chi connectivity index (χ2n) is 4.89. The molecule has 110 valence electrons. The van der Waals surface area contributed by atoms with Gasteiger partial charge in [-0.3, -0.25) is 4.79 Å². The number of carbonyl (C=O) groups excluding carboxylic acids is 1. The third-order valence-electron chi connectivity index (χ3n) is 3.40. The monoisotopic (exact) mass is 279 g/mol. The molecular weight excluding hydrogens is 258 g/mol. The first-order valence-corrected chi connectivity index (χ1v) is 6.74. The van der Waals surface area contributed by atoms with Gasteiger partial charge in [-0.05, 0) is 24.6 Å². The highest BCUT2D eigenvalue weighted by Crippen LogP contribution is 2.27. The molecule has 0 saturated carbocycles. The predicted octanol–water partition coefficient (Wildman–Crippen LogP) is 1.49. The Morgan fingerprint density at radius 1 is 1.35 bits per heavy atom. The van der Waals surface area contributed by atoms with Crippen molar-refractivity contribution in [2.75, 3.05) is 33.9 Å². The van der Waals surface area contributed by atoms with Crippen LogP contribution < -0.4 is 9.47 Å². The van der Waals surface area contributed by atoms with E-state index in [9.17, 15) is 4.79 Å². The van der Waals surface area contributed by atoms with Gasteiger partial charge in [0.2, 0.25) is 5.91 Å². The standard InChI is InChI=1S/C15H21NO4/c1-11-10-16(6-7-20-11)15(17)9-12-4-5-13(18-2)14(8-12)19-3/h4-5,8,11H,6-7,9-10H2,1-3H3. The molecule has 1 amide bonds. The number of methoxy groups -OCH3 is 2. The van der Waals surface area contributed by atoms with Gasteiger partial charge >= 0.3 is 0 Å².